The van der Waals surface area contributed by atoms with E-state index < -0.39 is 0 Å². The van der Waals surface area contributed by atoms with Crippen LogP contribution in [0.2, 0.25) is 0 Å². The van der Waals surface area contributed by atoms with Crippen molar-refractivity contribution in [1.82, 2.24) is 0 Å². The number of methoxy groups -OCH3 is 1. The van der Waals surface area contributed by atoms with E-state index >= 15 is 0 Å². The molecule has 2 nitrogen and oxygen atoms in total. The van der Waals surface area contributed by atoms with Crippen molar-refractivity contribution in [1.29, 1.82) is 0 Å². The molecule has 0 aliphatic heterocycles. The Bertz CT molecular complexity index is 323. The molecular formula is C11H14FNO. The van der Waals surface area contributed by atoms with Crippen LogP contribution in [0.1, 0.15) is 5.56 Å². The quantitative estimate of drug-likeness (QED) is 0.798. The van der Waals surface area contributed by atoms with Crippen LogP contribution in [0.5, 0.6) is 5.75 Å². The van der Waals surface area contributed by atoms with Gasteiger partial charge in [-0.1, -0.05) is 12.1 Å². The molecule has 0 aromatic heterocycles. The maximum absolute atomic E-state index is 12.3. The number of nitrogens with two attached hydrogens (primary N) is 1. The van der Waals surface area contributed by atoms with Crippen molar-refractivity contribution in [3.05, 3.63) is 41.7 Å². The third-order valence-electron chi connectivity index (χ3n) is 1.98. The van der Waals surface area contributed by atoms with E-state index in [1.165, 1.54) is 0 Å². The molecule has 0 saturated carbocycles. The number of rotatable bonds is 4. The Morgan fingerprint density at radius 2 is 2.36 bits per heavy atom. The van der Waals surface area contributed by atoms with Crippen LogP contribution >= 0.6 is 0 Å². The summed E-state index contributed by atoms with van der Waals surface area (Å²) in [6.07, 6.45) is 1.10. The predicted octanol–water partition coefficient (Wildman–Crippen LogP) is 2.05. The van der Waals surface area contributed by atoms with Gasteiger partial charge in [-0.15, -0.1) is 0 Å². The monoisotopic (exact) mass is 195 g/mol. The van der Waals surface area contributed by atoms with E-state index in [1.807, 2.05) is 24.3 Å². The van der Waals surface area contributed by atoms with Crippen molar-refractivity contribution in [3.63, 3.8) is 0 Å². The average Bonchev–Trinajstić information content (AvgIpc) is 2.26. The molecule has 0 atom stereocenters. The van der Waals surface area contributed by atoms with E-state index in [-0.39, 0.29) is 6.54 Å². The molecule has 1 aromatic rings. The smallest absolute Gasteiger partial charge is 0.119 e. The lowest BCUT2D eigenvalue weighted by molar-refractivity contribution is 0.414. The Balaban J connectivity index is 2.76. The first-order valence-electron chi connectivity index (χ1n) is 4.41. The molecule has 0 aliphatic rings. The Labute approximate surface area is 83.2 Å². The summed E-state index contributed by atoms with van der Waals surface area (Å²) in [5.74, 6) is 0.776. The lowest BCUT2D eigenvalue weighted by Crippen LogP contribution is -2.05. The van der Waals surface area contributed by atoms with Crippen molar-refractivity contribution in [2.24, 2.45) is 5.73 Å². The molecule has 0 bridgehead atoms. The fourth-order valence-corrected chi connectivity index (χ4v) is 1.20. The van der Waals surface area contributed by atoms with Gasteiger partial charge in [-0.2, -0.15) is 0 Å². The Morgan fingerprint density at radius 1 is 1.57 bits per heavy atom. The molecule has 0 amide bonds. The van der Waals surface area contributed by atoms with E-state index in [2.05, 4.69) is 0 Å². The molecule has 2 N–H and O–H groups in total. The standard InChI is InChI=1S/C11H14FNO/c1-14-11-4-2-3-9(6-11)5-10(7-12)8-13/h2-4,6-7H,5,8,13H2,1H3/b10-7-. The molecular weight excluding hydrogens is 181 g/mol. The number of ether oxygens (including phenoxy) is 1. The first kappa shape index (κ1) is 10.7. The first-order valence-corrected chi connectivity index (χ1v) is 4.41. The summed E-state index contributed by atoms with van der Waals surface area (Å²) >= 11 is 0. The van der Waals surface area contributed by atoms with Crippen molar-refractivity contribution >= 4 is 0 Å². The fraction of sp³-hybridized carbons (Fsp3) is 0.273. The SMILES string of the molecule is COc1cccc(C/C(=C/F)CN)c1. The van der Waals surface area contributed by atoms with Crippen molar-refractivity contribution in [2.45, 2.75) is 6.42 Å². The topological polar surface area (TPSA) is 35.2 Å². The van der Waals surface area contributed by atoms with E-state index in [4.69, 9.17) is 10.5 Å². The van der Waals surface area contributed by atoms with Crippen molar-refractivity contribution < 1.29 is 9.13 Å². The van der Waals surface area contributed by atoms with Gasteiger partial charge < -0.3 is 10.5 Å². The van der Waals surface area contributed by atoms with E-state index in [1.54, 1.807) is 7.11 Å². The third-order valence-corrected chi connectivity index (χ3v) is 1.98. The summed E-state index contributed by atoms with van der Waals surface area (Å²) < 4.78 is 17.3. The Morgan fingerprint density at radius 3 is 2.93 bits per heavy atom. The Hall–Kier alpha value is -1.35. The maximum Gasteiger partial charge on any atom is 0.119 e. The first-order chi connectivity index (χ1) is 6.80. The minimum Gasteiger partial charge on any atom is -0.497 e. The minimum absolute atomic E-state index is 0.244. The predicted molar refractivity (Wildman–Crippen MR) is 54.9 cm³/mol. The van der Waals surface area contributed by atoms with Gasteiger partial charge in [-0.3, -0.25) is 0 Å². The second-order valence-corrected chi connectivity index (χ2v) is 3.00. The van der Waals surface area contributed by atoms with Gasteiger partial charge in [-0.25, -0.2) is 4.39 Å². The summed E-state index contributed by atoms with van der Waals surface area (Å²) in [4.78, 5) is 0. The lowest BCUT2D eigenvalue weighted by Gasteiger charge is -2.05. The lowest BCUT2D eigenvalue weighted by atomic mass is 10.1. The van der Waals surface area contributed by atoms with E-state index in [0.717, 1.165) is 11.3 Å². The van der Waals surface area contributed by atoms with Gasteiger partial charge in [0, 0.05) is 6.54 Å². The largest absolute Gasteiger partial charge is 0.497 e. The van der Waals surface area contributed by atoms with Crippen LogP contribution in [-0.2, 0) is 6.42 Å². The molecule has 0 aliphatic carbocycles. The summed E-state index contributed by atoms with van der Waals surface area (Å²) in [7, 11) is 1.61. The van der Waals surface area contributed by atoms with Gasteiger partial charge >= 0.3 is 0 Å². The minimum atomic E-state index is 0.244. The van der Waals surface area contributed by atoms with Gasteiger partial charge in [0.05, 0.1) is 13.4 Å². The van der Waals surface area contributed by atoms with Gasteiger partial charge in [0.2, 0.25) is 0 Å². The molecule has 1 aromatic carbocycles. The van der Waals surface area contributed by atoms with Crippen LogP contribution in [0.4, 0.5) is 4.39 Å². The highest BCUT2D eigenvalue weighted by molar-refractivity contribution is 5.31. The van der Waals surface area contributed by atoms with Crippen LogP contribution in [0.3, 0.4) is 0 Å². The van der Waals surface area contributed by atoms with Crippen molar-refractivity contribution in [2.75, 3.05) is 13.7 Å². The molecule has 0 fully saturated rings. The molecule has 0 saturated heterocycles. The highest BCUT2D eigenvalue weighted by Crippen LogP contribution is 2.15. The second-order valence-electron chi connectivity index (χ2n) is 3.00. The zero-order valence-corrected chi connectivity index (χ0v) is 8.16. The number of benzene rings is 1. The van der Waals surface area contributed by atoms with Gasteiger partial charge in [0.1, 0.15) is 5.75 Å². The van der Waals surface area contributed by atoms with Crippen LogP contribution in [0.25, 0.3) is 0 Å². The zero-order valence-electron chi connectivity index (χ0n) is 8.16. The molecule has 0 heterocycles. The normalized spacial score (nSPS) is 11.5. The number of halogens is 1. The summed E-state index contributed by atoms with van der Waals surface area (Å²) in [5, 5.41) is 0. The molecule has 0 unspecified atom stereocenters. The van der Waals surface area contributed by atoms with Crippen molar-refractivity contribution in [3.8, 4) is 5.75 Å². The maximum atomic E-state index is 12.3. The van der Waals surface area contributed by atoms with E-state index in [0.29, 0.717) is 18.3 Å². The molecule has 14 heavy (non-hydrogen) atoms. The molecule has 3 heteroatoms. The zero-order chi connectivity index (χ0) is 10.4. The summed E-state index contributed by atoms with van der Waals surface area (Å²) in [5.41, 5.74) is 6.94. The average molecular weight is 195 g/mol. The van der Waals surface area contributed by atoms with Crippen LogP contribution in [0.15, 0.2) is 36.2 Å². The van der Waals surface area contributed by atoms with Gasteiger partial charge in [0.25, 0.3) is 0 Å². The molecule has 0 spiro atoms. The van der Waals surface area contributed by atoms with Gasteiger partial charge in [-0.05, 0) is 29.7 Å². The summed E-state index contributed by atoms with van der Waals surface area (Å²) in [6, 6.07) is 7.52. The van der Waals surface area contributed by atoms with Crippen LogP contribution in [0, 0.1) is 0 Å². The van der Waals surface area contributed by atoms with Crippen LogP contribution < -0.4 is 10.5 Å². The van der Waals surface area contributed by atoms with E-state index in [9.17, 15) is 4.39 Å². The number of hydrogen-bond acceptors (Lipinski definition) is 2. The molecule has 76 valence electrons. The molecule has 0 radical (unpaired) electrons. The van der Waals surface area contributed by atoms with Crippen LogP contribution in [-0.4, -0.2) is 13.7 Å². The highest BCUT2D eigenvalue weighted by Gasteiger charge is 1.99. The molecule has 1 rings (SSSR count). The summed E-state index contributed by atoms with van der Waals surface area (Å²) in [6.45, 7) is 0.244. The highest BCUT2D eigenvalue weighted by atomic mass is 19.1. The number of hydrogen-bond donors (Lipinski definition) is 1. The van der Waals surface area contributed by atoms with Gasteiger partial charge in [0.15, 0.2) is 0 Å². The fourth-order valence-electron chi connectivity index (χ4n) is 1.20. The Kier molecular flexibility index (Phi) is 4.13. The second kappa shape index (κ2) is 5.40. The third kappa shape index (κ3) is 2.85.